The lowest BCUT2D eigenvalue weighted by Crippen LogP contribution is -2.08. The van der Waals surface area contributed by atoms with Crippen molar-refractivity contribution in [2.24, 2.45) is 0 Å². The van der Waals surface area contributed by atoms with Gasteiger partial charge >= 0.3 is 0 Å². The van der Waals surface area contributed by atoms with Crippen LogP contribution in [0.2, 0.25) is 0 Å². The summed E-state index contributed by atoms with van der Waals surface area (Å²) >= 11 is 0. The molecule has 4 nitrogen and oxygen atoms in total. The van der Waals surface area contributed by atoms with E-state index in [0.29, 0.717) is 11.5 Å². The van der Waals surface area contributed by atoms with Crippen molar-refractivity contribution in [2.75, 3.05) is 11.9 Å². The molecule has 106 valence electrons. The first kappa shape index (κ1) is 14.5. The van der Waals surface area contributed by atoms with Gasteiger partial charge in [0.2, 0.25) is 5.95 Å². The van der Waals surface area contributed by atoms with Crippen molar-refractivity contribution in [2.45, 2.75) is 51.9 Å². The van der Waals surface area contributed by atoms with Gasteiger partial charge < -0.3 is 5.32 Å². The number of nitriles is 1. The Kier molecular flexibility index (Phi) is 5.55. The quantitative estimate of drug-likeness (QED) is 0.796. The number of nitrogens with zero attached hydrogens (tertiary/aromatic N) is 3. The molecule has 0 atom stereocenters. The van der Waals surface area contributed by atoms with Gasteiger partial charge in [-0.1, -0.05) is 25.8 Å². The van der Waals surface area contributed by atoms with Gasteiger partial charge in [0.15, 0.2) is 0 Å². The number of anilines is 1. The number of hydrogen-bond acceptors (Lipinski definition) is 4. The lowest BCUT2D eigenvalue weighted by atomic mass is 9.95. The van der Waals surface area contributed by atoms with E-state index >= 15 is 0 Å². The zero-order valence-corrected chi connectivity index (χ0v) is 12.2. The maximum atomic E-state index is 9.21. The Morgan fingerprint density at radius 3 is 2.95 bits per heavy atom. The highest BCUT2D eigenvalue weighted by Gasteiger charge is 2.13. The normalized spacial score (nSPS) is 14.5. The molecule has 0 saturated carbocycles. The molecule has 4 heteroatoms. The Morgan fingerprint density at radius 2 is 2.25 bits per heavy atom. The van der Waals surface area contributed by atoms with Gasteiger partial charge in [0, 0.05) is 6.54 Å². The molecular formula is C16H22N4. The Labute approximate surface area is 120 Å². The molecule has 0 radical (unpaired) electrons. The van der Waals surface area contributed by atoms with Crippen LogP contribution in [-0.4, -0.2) is 16.5 Å². The van der Waals surface area contributed by atoms with Gasteiger partial charge in [-0.3, -0.25) is 0 Å². The summed E-state index contributed by atoms with van der Waals surface area (Å²) in [6.45, 7) is 3.07. The second kappa shape index (κ2) is 7.64. The van der Waals surface area contributed by atoms with Gasteiger partial charge in [0.25, 0.3) is 0 Å². The third kappa shape index (κ3) is 3.80. The fourth-order valence-electron chi connectivity index (χ4n) is 2.42. The van der Waals surface area contributed by atoms with Crippen LogP contribution in [0.15, 0.2) is 12.3 Å². The highest BCUT2D eigenvalue weighted by Crippen LogP contribution is 2.27. The van der Waals surface area contributed by atoms with Gasteiger partial charge in [-0.05, 0) is 37.7 Å². The minimum atomic E-state index is 0.581. The number of hydrogen-bond donors (Lipinski definition) is 1. The first-order chi connectivity index (χ1) is 9.85. The van der Waals surface area contributed by atoms with Crippen molar-refractivity contribution in [3.63, 3.8) is 0 Å². The number of nitrogens with one attached hydrogen (secondary N) is 1. The first-order valence-electron chi connectivity index (χ1n) is 7.55. The second-order valence-electron chi connectivity index (χ2n) is 5.18. The summed E-state index contributed by atoms with van der Waals surface area (Å²) in [6.07, 6.45) is 11.9. The largest absolute Gasteiger partial charge is 0.354 e. The van der Waals surface area contributed by atoms with E-state index in [1.54, 1.807) is 6.20 Å². The average molecular weight is 270 g/mol. The van der Waals surface area contributed by atoms with Gasteiger partial charge in [0.1, 0.15) is 6.07 Å². The van der Waals surface area contributed by atoms with E-state index in [1.807, 2.05) is 0 Å². The van der Waals surface area contributed by atoms with E-state index in [9.17, 15) is 5.26 Å². The minimum Gasteiger partial charge on any atom is -0.354 e. The molecule has 1 aliphatic rings. The maximum Gasteiger partial charge on any atom is 0.223 e. The van der Waals surface area contributed by atoms with Gasteiger partial charge in [-0.15, -0.1) is 0 Å². The van der Waals surface area contributed by atoms with Crippen molar-refractivity contribution in [3.05, 3.63) is 23.5 Å². The topological polar surface area (TPSA) is 61.6 Å². The molecule has 0 amide bonds. The van der Waals surface area contributed by atoms with Crippen molar-refractivity contribution in [3.8, 4) is 6.07 Å². The monoisotopic (exact) mass is 270 g/mol. The summed E-state index contributed by atoms with van der Waals surface area (Å²) in [5.74, 6) is 0.640. The Balaban J connectivity index is 2.12. The number of allylic oxidation sites excluding steroid dienone is 2. The summed E-state index contributed by atoms with van der Waals surface area (Å²) in [6, 6.07) is 2.20. The molecule has 1 aromatic heterocycles. The molecular weight excluding hydrogens is 248 g/mol. The SMILES string of the molecule is CCCCCNc1ncc(C#N)c(C2=CCCCC2)n1. The lowest BCUT2D eigenvalue weighted by molar-refractivity contribution is 0.735. The van der Waals surface area contributed by atoms with Crippen LogP contribution < -0.4 is 5.32 Å². The summed E-state index contributed by atoms with van der Waals surface area (Å²) in [5, 5.41) is 12.5. The molecule has 1 heterocycles. The predicted molar refractivity (Wildman–Crippen MR) is 81.2 cm³/mol. The van der Waals surface area contributed by atoms with Crippen LogP contribution in [0.5, 0.6) is 0 Å². The van der Waals surface area contributed by atoms with Crippen molar-refractivity contribution in [1.29, 1.82) is 5.26 Å². The third-order valence-electron chi connectivity index (χ3n) is 3.57. The van der Waals surface area contributed by atoms with Crippen LogP contribution in [0.1, 0.15) is 63.1 Å². The van der Waals surface area contributed by atoms with E-state index < -0.39 is 0 Å². The highest BCUT2D eigenvalue weighted by atomic mass is 15.1. The predicted octanol–water partition coefficient (Wildman–Crippen LogP) is 3.91. The minimum absolute atomic E-state index is 0.581. The Bertz CT molecular complexity index is 514. The molecule has 0 spiro atoms. The first-order valence-corrected chi connectivity index (χ1v) is 7.55. The van der Waals surface area contributed by atoms with Crippen LogP contribution in [0.4, 0.5) is 5.95 Å². The van der Waals surface area contributed by atoms with E-state index in [1.165, 1.54) is 31.3 Å². The highest BCUT2D eigenvalue weighted by molar-refractivity contribution is 5.68. The molecule has 0 bridgehead atoms. The van der Waals surface area contributed by atoms with Gasteiger partial charge in [0.05, 0.1) is 17.5 Å². The molecule has 0 aromatic carbocycles. The molecule has 2 rings (SSSR count). The fraction of sp³-hybridized carbons (Fsp3) is 0.562. The number of aromatic nitrogens is 2. The molecule has 0 aliphatic heterocycles. The molecule has 1 aliphatic carbocycles. The molecule has 1 aromatic rings. The van der Waals surface area contributed by atoms with Crippen molar-refractivity contribution in [1.82, 2.24) is 9.97 Å². The van der Waals surface area contributed by atoms with E-state index in [2.05, 4.69) is 34.4 Å². The summed E-state index contributed by atoms with van der Waals surface area (Å²) in [7, 11) is 0. The third-order valence-corrected chi connectivity index (χ3v) is 3.57. The molecule has 0 fully saturated rings. The molecule has 1 N–H and O–H groups in total. The molecule has 0 saturated heterocycles. The number of unbranched alkanes of at least 4 members (excludes halogenated alkanes) is 2. The van der Waals surface area contributed by atoms with Crippen LogP contribution in [-0.2, 0) is 0 Å². The van der Waals surface area contributed by atoms with Gasteiger partial charge in [-0.25, -0.2) is 9.97 Å². The average Bonchev–Trinajstić information content (AvgIpc) is 2.52. The Hall–Kier alpha value is -1.89. The summed E-state index contributed by atoms with van der Waals surface area (Å²) in [5.41, 5.74) is 2.60. The van der Waals surface area contributed by atoms with Gasteiger partial charge in [-0.2, -0.15) is 5.26 Å². The summed E-state index contributed by atoms with van der Waals surface area (Å²) in [4.78, 5) is 8.78. The number of rotatable bonds is 6. The van der Waals surface area contributed by atoms with Crippen LogP contribution in [0, 0.1) is 11.3 Å². The fourth-order valence-corrected chi connectivity index (χ4v) is 2.42. The van der Waals surface area contributed by atoms with Crippen LogP contribution in [0.25, 0.3) is 5.57 Å². The van der Waals surface area contributed by atoms with Crippen LogP contribution >= 0.6 is 0 Å². The molecule has 20 heavy (non-hydrogen) atoms. The van der Waals surface area contributed by atoms with Crippen molar-refractivity contribution >= 4 is 11.5 Å². The standard InChI is InChI=1S/C16H22N4/c1-2-3-7-10-18-16-19-12-14(11-17)15(20-16)13-8-5-4-6-9-13/h8,12H,2-7,9-10H2,1H3,(H,18,19,20). The zero-order valence-electron chi connectivity index (χ0n) is 12.2. The van der Waals surface area contributed by atoms with E-state index in [0.717, 1.165) is 31.5 Å². The smallest absolute Gasteiger partial charge is 0.223 e. The van der Waals surface area contributed by atoms with Crippen molar-refractivity contribution < 1.29 is 0 Å². The Morgan fingerprint density at radius 1 is 1.35 bits per heavy atom. The van der Waals surface area contributed by atoms with E-state index in [4.69, 9.17) is 0 Å². The van der Waals surface area contributed by atoms with E-state index in [-0.39, 0.29) is 0 Å². The zero-order chi connectivity index (χ0) is 14.2. The second-order valence-corrected chi connectivity index (χ2v) is 5.18. The summed E-state index contributed by atoms with van der Waals surface area (Å²) < 4.78 is 0. The van der Waals surface area contributed by atoms with Crippen LogP contribution in [0.3, 0.4) is 0 Å². The maximum absolute atomic E-state index is 9.21. The lowest BCUT2D eigenvalue weighted by Gasteiger charge is -2.14. The molecule has 0 unspecified atom stereocenters.